The summed E-state index contributed by atoms with van der Waals surface area (Å²) in [5.41, 5.74) is 9.46. The van der Waals surface area contributed by atoms with Crippen molar-refractivity contribution in [2.45, 2.75) is 25.9 Å². The number of aryl methyl sites for hydroxylation is 1. The average molecular weight is 390 g/mol. The maximum absolute atomic E-state index is 13.3. The van der Waals surface area contributed by atoms with Crippen LogP contribution in [0.15, 0.2) is 48.5 Å². The summed E-state index contributed by atoms with van der Waals surface area (Å²) >= 11 is 0. The SMILES string of the molecule is Cc1[nH]c2ccccc2c1[C@H]1c2ccccc2C(=O)N1[C@H](C)C(=O)NCC(N)=O. The van der Waals surface area contributed by atoms with Crippen LogP contribution in [0.5, 0.6) is 0 Å². The molecular formula is C22H22N4O3. The molecular weight excluding hydrogens is 368 g/mol. The number of hydrogen-bond donors (Lipinski definition) is 3. The molecule has 1 aliphatic heterocycles. The van der Waals surface area contributed by atoms with E-state index in [4.69, 9.17) is 5.73 Å². The standard InChI is InChI=1S/C22H22N4O3/c1-12-19(16-9-5-6-10-17(16)25-12)20-14-7-3-4-8-15(14)22(29)26(20)13(2)21(28)24-11-18(23)27/h3-10,13,20,25H,11H2,1-2H3,(H2,23,27)(H,24,28)/t13-,20-/m1/s1. The molecule has 3 amide bonds. The molecule has 7 heteroatoms. The van der Waals surface area contributed by atoms with Gasteiger partial charge in [-0.3, -0.25) is 14.4 Å². The van der Waals surface area contributed by atoms with Gasteiger partial charge in [0.05, 0.1) is 12.6 Å². The molecule has 3 aromatic rings. The van der Waals surface area contributed by atoms with E-state index in [1.807, 2.05) is 49.4 Å². The largest absolute Gasteiger partial charge is 0.368 e. The quantitative estimate of drug-likeness (QED) is 0.620. The number of para-hydroxylation sites is 1. The average Bonchev–Trinajstić information content (AvgIpc) is 3.18. The Bertz CT molecular complexity index is 1130. The second-order valence-corrected chi connectivity index (χ2v) is 7.27. The van der Waals surface area contributed by atoms with Crippen molar-refractivity contribution in [3.8, 4) is 0 Å². The minimum Gasteiger partial charge on any atom is -0.368 e. The van der Waals surface area contributed by atoms with E-state index >= 15 is 0 Å². The summed E-state index contributed by atoms with van der Waals surface area (Å²) in [6.07, 6.45) is 0. The lowest BCUT2D eigenvalue weighted by molar-refractivity contribution is -0.128. The van der Waals surface area contributed by atoms with E-state index in [1.54, 1.807) is 17.9 Å². The lowest BCUT2D eigenvalue weighted by atomic mass is 9.95. The molecule has 29 heavy (non-hydrogen) atoms. The highest BCUT2D eigenvalue weighted by Gasteiger charge is 2.43. The molecule has 0 radical (unpaired) electrons. The first kappa shape index (κ1) is 18.7. The number of carbonyl (C=O) groups is 3. The van der Waals surface area contributed by atoms with Gasteiger partial charge in [0.15, 0.2) is 0 Å². The molecule has 1 aromatic heterocycles. The van der Waals surface area contributed by atoms with Crippen molar-refractivity contribution >= 4 is 28.6 Å². The van der Waals surface area contributed by atoms with Crippen LogP contribution in [-0.4, -0.2) is 40.2 Å². The van der Waals surface area contributed by atoms with E-state index in [1.165, 1.54) is 0 Å². The van der Waals surface area contributed by atoms with E-state index in [9.17, 15) is 14.4 Å². The fourth-order valence-electron chi connectivity index (χ4n) is 4.13. The van der Waals surface area contributed by atoms with Gasteiger partial charge in [0, 0.05) is 27.7 Å². The number of nitrogens with two attached hydrogens (primary N) is 1. The summed E-state index contributed by atoms with van der Waals surface area (Å²) in [7, 11) is 0. The third-order valence-electron chi connectivity index (χ3n) is 5.45. The Kier molecular flexibility index (Phi) is 4.58. The topological polar surface area (TPSA) is 108 Å². The van der Waals surface area contributed by atoms with Crippen LogP contribution in [0.3, 0.4) is 0 Å². The smallest absolute Gasteiger partial charge is 0.255 e. The monoisotopic (exact) mass is 390 g/mol. The molecule has 0 fully saturated rings. The Morgan fingerprint density at radius 3 is 2.62 bits per heavy atom. The number of aromatic amines is 1. The van der Waals surface area contributed by atoms with Crippen molar-refractivity contribution in [1.29, 1.82) is 0 Å². The van der Waals surface area contributed by atoms with Crippen LogP contribution in [0.4, 0.5) is 0 Å². The summed E-state index contributed by atoms with van der Waals surface area (Å²) in [4.78, 5) is 42.0. The maximum Gasteiger partial charge on any atom is 0.255 e. The number of primary amides is 1. The van der Waals surface area contributed by atoms with Gasteiger partial charge in [-0.1, -0.05) is 36.4 Å². The number of rotatable bonds is 5. The number of nitrogens with one attached hydrogen (secondary N) is 2. The molecule has 2 heterocycles. The number of carbonyl (C=O) groups excluding carboxylic acids is 3. The van der Waals surface area contributed by atoms with Crippen molar-refractivity contribution in [3.63, 3.8) is 0 Å². The molecule has 2 atom stereocenters. The predicted octanol–water partition coefficient (Wildman–Crippen LogP) is 2.01. The van der Waals surface area contributed by atoms with Crippen LogP contribution in [-0.2, 0) is 9.59 Å². The molecule has 0 saturated heterocycles. The van der Waals surface area contributed by atoms with Gasteiger partial charge in [0.2, 0.25) is 11.8 Å². The lowest BCUT2D eigenvalue weighted by Gasteiger charge is -2.31. The molecule has 1 aliphatic rings. The van der Waals surface area contributed by atoms with Crippen LogP contribution in [0.25, 0.3) is 10.9 Å². The van der Waals surface area contributed by atoms with E-state index in [2.05, 4.69) is 10.3 Å². The summed E-state index contributed by atoms with van der Waals surface area (Å²) in [6.45, 7) is 3.36. The molecule has 7 nitrogen and oxygen atoms in total. The zero-order chi connectivity index (χ0) is 20.7. The van der Waals surface area contributed by atoms with Gasteiger partial charge in [0.25, 0.3) is 5.91 Å². The number of fused-ring (bicyclic) bond motifs is 2. The Balaban J connectivity index is 1.84. The highest BCUT2D eigenvalue weighted by atomic mass is 16.2. The zero-order valence-corrected chi connectivity index (χ0v) is 16.2. The molecule has 0 spiro atoms. The van der Waals surface area contributed by atoms with Crippen LogP contribution < -0.4 is 11.1 Å². The first-order chi connectivity index (χ1) is 13.9. The number of aromatic nitrogens is 1. The Labute approximate surface area is 167 Å². The fourth-order valence-corrected chi connectivity index (χ4v) is 4.13. The molecule has 148 valence electrons. The molecule has 0 saturated carbocycles. The highest BCUT2D eigenvalue weighted by Crippen LogP contribution is 2.43. The normalized spacial score (nSPS) is 16.7. The van der Waals surface area contributed by atoms with Crippen molar-refractivity contribution in [2.75, 3.05) is 6.54 Å². The van der Waals surface area contributed by atoms with Crippen molar-refractivity contribution in [2.24, 2.45) is 5.73 Å². The fraction of sp³-hybridized carbons (Fsp3) is 0.227. The van der Waals surface area contributed by atoms with Gasteiger partial charge in [-0.15, -0.1) is 0 Å². The predicted molar refractivity (Wildman–Crippen MR) is 109 cm³/mol. The molecule has 0 aliphatic carbocycles. The van der Waals surface area contributed by atoms with E-state index in [0.29, 0.717) is 5.56 Å². The van der Waals surface area contributed by atoms with Gasteiger partial charge in [0.1, 0.15) is 6.04 Å². The van der Waals surface area contributed by atoms with Crippen LogP contribution in [0.2, 0.25) is 0 Å². The molecule has 0 unspecified atom stereocenters. The third-order valence-corrected chi connectivity index (χ3v) is 5.45. The first-order valence-corrected chi connectivity index (χ1v) is 9.45. The number of benzene rings is 2. The number of nitrogens with zero attached hydrogens (tertiary/aromatic N) is 1. The van der Waals surface area contributed by atoms with Gasteiger partial charge in [-0.25, -0.2) is 0 Å². The van der Waals surface area contributed by atoms with Gasteiger partial charge < -0.3 is 20.9 Å². The maximum atomic E-state index is 13.3. The minimum absolute atomic E-state index is 0.211. The zero-order valence-electron chi connectivity index (χ0n) is 16.2. The Morgan fingerprint density at radius 2 is 1.86 bits per heavy atom. The first-order valence-electron chi connectivity index (χ1n) is 9.45. The number of H-pyrrole nitrogens is 1. The van der Waals surface area contributed by atoms with Crippen molar-refractivity contribution < 1.29 is 14.4 Å². The van der Waals surface area contributed by atoms with E-state index < -0.39 is 23.9 Å². The molecule has 0 bridgehead atoms. The van der Waals surface area contributed by atoms with Crippen LogP contribution >= 0.6 is 0 Å². The van der Waals surface area contributed by atoms with Gasteiger partial charge in [-0.2, -0.15) is 0 Å². The summed E-state index contributed by atoms with van der Waals surface area (Å²) in [6, 6.07) is 14.1. The van der Waals surface area contributed by atoms with Crippen LogP contribution in [0, 0.1) is 6.92 Å². The molecule has 4 rings (SSSR count). The van der Waals surface area contributed by atoms with E-state index in [0.717, 1.165) is 27.7 Å². The van der Waals surface area contributed by atoms with Gasteiger partial charge in [-0.05, 0) is 31.5 Å². The number of amides is 3. The number of hydrogen-bond acceptors (Lipinski definition) is 3. The molecule has 2 aromatic carbocycles. The molecule has 4 N–H and O–H groups in total. The summed E-state index contributed by atoms with van der Waals surface area (Å²) < 4.78 is 0. The third kappa shape index (κ3) is 3.04. The van der Waals surface area contributed by atoms with Crippen LogP contribution in [0.1, 0.15) is 40.1 Å². The highest BCUT2D eigenvalue weighted by molar-refractivity contribution is 6.03. The Morgan fingerprint density at radius 1 is 1.17 bits per heavy atom. The lowest BCUT2D eigenvalue weighted by Crippen LogP contribution is -2.48. The van der Waals surface area contributed by atoms with E-state index in [-0.39, 0.29) is 12.5 Å². The second-order valence-electron chi connectivity index (χ2n) is 7.27. The second kappa shape index (κ2) is 7.09. The van der Waals surface area contributed by atoms with Crippen molar-refractivity contribution in [3.05, 3.63) is 70.9 Å². The summed E-state index contributed by atoms with van der Waals surface area (Å²) in [5, 5.41) is 3.52. The Hall–Kier alpha value is -3.61. The van der Waals surface area contributed by atoms with Crippen molar-refractivity contribution in [1.82, 2.24) is 15.2 Å². The van der Waals surface area contributed by atoms with Gasteiger partial charge >= 0.3 is 0 Å². The summed E-state index contributed by atoms with van der Waals surface area (Å²) in [5.74, 6) is -1.27. The minimum atomic E-state index is -0.785.